The lowest BCUT2D eigenvalue weighted by atomic mass is 10.0. The molecule has 3 aromatic rings. The van der Waals surface area contributed by atoms with Crippen LogP contribution in [-0.4, -0.2) is 19.7 Å². The summed E-state index contributed by atoms with van der Waals surface area (Å²) in [6.45, 7) is 0. The fourth-order valence-electron chi connectivity index (χ4n) is 2.26. The third kappa shape index (κ3) is 2.48. The van der Waals surface area contributed by atoms with Gasteiger partial charge >= 0.3 is 0 Å². The zero-order valence-electron chi connectivity index (χ0n) is 11.3. The molecule has 1 aromatic carbocycles. The summed E-state index contributed by atoms with van der Waals surface area (Å²) in [4.78, 5) is 7.71. The number of nitrogens with one attached hydrogen (secondary N) is 1. The van der Waals surface area contributed by atoms with E-state index in [1.165, 1.54) is 0 Å². The monoisotopic (exact) mass is 267 g/mol. The Morgan fingerprint density at radius 3 is 2.75 bits per heavy atom. The summed E-state index contributed by atoms with van der Waals surface area (Å²) in [5, 5.41) is 4.15. The molecule has 0 aliphatic carbocycles. The van der Waals surface area contributed by atoms with Crippen molar-refractivity contribution in [2.45, 2.75) is 12.5 Å². The molecule has 0 aliphatic rings. The van der Waals surface area contributed by atoms with Crippen LogP contribution in [0, 0.1) is 0 Å². The number of H-pyrrole nitrogens is 1. The van der Waals surface area contributed by atoms with E-state index in [9.17, 15) is 0 Å². The summed E-state index contributed by atoms with van der Waals surface area (Å²) >= 11 is 0. The first-order valence-electron chi connectivity index (χ1n) is 6.57. The number of imidazole rings is 1. The summed E-state index contributed by atoms with van der Waals surface area (Å²) in [7, 11) is 1.91. The van der Waals surface area contributed by atoms with E-state index in [0.717, 1.165) is 22.8 Å². The van der Waals surface area contributed by atoms with Gasteiger partial charge in [-0.3, -0.25) is 4.68 Å². The maximum Gasteiger partial charge on any atom is 0.108 e. The minimum absolute atomic E-state index is 0.0539. The van der Waals surface area contributed by atoms with E-state index in [1.54, 1.807) is 6.20 Å². The van der Waals surface area contributed by atoms with E-state index >= 15 is 0 Å². The molecule has 0 amide bonds. The van der Waals surface area contributed by atoms with Crippen LogP contribution < -0.4 is 5.73 Å². The summed E-state index contributed by atoms with van der Waals surface area (Å²) in [5.41, 5.74) is 9.29. The fraction of sp³-hybridized carbons (Fsp3) is 0.200. The van der Waals surface area contributed by atoms with Crippen LogP contribution in [0.5, 0.6) is 0 Å². The Bertz CT molecular complexity index is 683. The third-order valence-corrected chi connectivity index (χ3v) is 3.37. The molecule has 3 rings (SSSR count). The van der Waals surface area contributed by atoms with Gasteiger partial charge in [0.1, 0.15) is 5.82 Å². The van der Waals surface area contributed by atoms with Gasteiger partial charge in [-0.1, -0.05) is 30.3 Å². The second kappa shape index (κ2) is 5.30. The van der Waals surface area contributed by atoms with E-state index in [-0.39, 0.29) is 6.04 Å². The van der Waals surface area contributed by atoms with Crippen LogP contribution in [0.4, 0.5) is 0 Å². The van der Waals surface area contributed by atoms with Crippen molar-refractivity contribution in [3.05, 3.63) is 60.2 Å². The van der Waals surface area contributed by atoms with Crippen LogP contribution in [0.2, 0.25) is 0 Å². The van der Waals surface area contributed by atoms with E-state index in [2.05, 4.69) is 15.1 Å². The Morgan fingerprint density at radius 2 is 2.05 bits per heavy atom. The Kier molecular flexibility index (Phi) is 3.35. The number of hydrogen-bond donors (Lipinski definition) is 2. The first-order valence-corrected chi connectivity index (χ1v) is 6.57. The van der Waals surface area contributed by atoms with Crippen molar-refractivity contribution in [3.63, 3.8) is 0 Å². The largest absolute Gasteiger partial charge is 0.341 e. The minimum Gasteiger partial charge on any atom is -0.341 e. The maximum atomic E-state index is 6.21. The molecule has 1 unspecified atom stereocenters. The van der Waals surface area contributed by atoms with Gasteiger partial charge in [-0.25, -0.2) is 4.98 Å². The van der Waals surface area contributed by atoms with E-state index < -0.39 is 0 Å². The van der Waals surface area contributed by atoms with Crippen LogP contribution in [0.25, 0.3) is 11.4 Å². The predicted octanol–water partition coefficient (Wildman–Crippen LogP) is 2.05. The molecule has 0 saturated carbocycles. The fourth-order valence-corrected chi connectivity index (χ4v) is 2.26. The minimum atomic E-state index is -0.0539. The number of nitrogens with zero attached hydrogens (tertiary/aromatic N) is 3. The molecule has 0 fully saturated rings. The van der Waals surface area contributed by atoms with Crippen LogP contribution in [0.3, 0.4) is 0 Å². The first-order chi connectivity index (χ1) is 9.74. The van der Waals surface area contributed by atoms with Gasteiger partial charge in [0.2, 0.25) is 0 Å². The number of aryl methyl sites for hydroxylation is 1. The second-order valence-electron chi connectivity index (χ2n) is 4.80. The molecule has 3 N–H and O–H groups in total. The Hall–Kier alpha value is -2.40. The second-order valence-corrected chi connectivity index (χ2v) is 4.80. The van der Waals surface area contributed by atoms with Crippen molar-refractivity contribution in [1.82, 2.24) is 19.7 Å². The molecule has 0 saturated heterocycles. The van der Waals surface area contributed by atoms with Crippen molar-refractivity contribution in [2.24, 2.45) is 12.8 Å². The molecule has 2 aromatic heterocycles. The molecule has 0 spiro atoms. The van der Waals surface area contributed by atoms with Gasteiger partial charge in [-0.2, -0.15) is 5.10 Å². The van der Waals surface area contributed by atoms with Crippen molar-refractivity contribution in [1.29, 1.82) is 0 Å². The van der Waals surface area contributed by atoms with Crippen molar-refractivity contribution in [3.8, 4) is 11.4 Å². The maximum absolute atomic E-state index is 6.21. The molecule has 20 heavy (non-hydrogen) atoms. The summed E-state index contributed by atoms with van der Waals surface area (Å²) in [5.74, 6) is 0.887. The molecule has 5 heteroatoms. The molecule has 0 bridgehead atoms. The van der Waals surface area contributed by atoms with E-state index in [1.807, 2.05) is 54.3 Å². The Morgan fingerprint density at radius 1 is 1.25 bits per heavy atom. The summed E-state index contributed by atoms with van der Waals surface area (Å²) < 4.78 is 1.81. The number of aromatic amines is 1. The SMILES string of the molecule is Cn1nccc1-c1cnc(CC(N)c2ccccc2)[nH]1. The number of rotatable bonds is 4. The van der Waals surface area contributed by atoms with Gasteiger partial charge in [0, 0.05) is 25.7 Å². The van der Waals surface area contributed by atoms with Gasteiger partial charge in [0.15, 0.2) is 0 Å². The highest BCUT2D eigenvalue weighted by Gasteiger charge is 2.11. The first kappa shape index (κ1) is 12.6. The summed E-state index contributed by atoms with van der Waals surface area (Å²) in [6, 6.07) is 12.0. The quantitative estimate of drug-likeness (QED) is 0.760. The molecule has 102 valence electrons. The average molecular weight is 267 g/mol. The number of nitrogens with two attached hydrogens (primary N) is 1. The average Bonchev–Trinajstić information content (AvgIpc) is 3.08. The zero-order chi connectivity index (χ0) is 13.9. The van der Waals surface area contributed by atoms with Crippen LogP contribution in [0.1, 0.15) is 17.4 Å². The number of aromatic nitrogens is 4. The van der Waals surface area contributed by atoms with Gasteiger partial charge in [0.05, 0.1) is 17.6 Å². The number of hydrogen-bond acceptors (Lipinski definition) is 3. The molecule has 0 aliphatic heterocycles. The Balaban J connectivity index is 1.77. The third-order valence-electron chi connectivity index (χ3n) is 3.37. The number of benzene rings is 1. The Labute approximate surface area is 117 Å². The molecular weight excluding hydrogens is 250 g/mol. The van der Waals surface area contributed by atoms with Crippen molar-refractivity contribution < 1.29 is 0 Å². The van der Waals surface area contributed by atoms with E-state index in [0.29, 0.717) is 6.42 Å². The smallest absolute Gasteiger partial charge is 0.108 e. The lowest BCUT2D eigenvalue weighted by Gasteiger charge is -2.09. The van der Waals surface area contributed by atoms with Gasteiger partial charge in [-0.15, -0.1) is 0 Å². The van der Waals surface area contributed by atoms with Gasteiger partial charge in [0.25, 0.3) is 0 Å². The van der Waals surface area contributed by atoms with Crippen molar-refractivity contribution >= 4 is 0 Å². The normalized spacial score (nSPS) is 12.5. The molecule has 5 nitrogen and oxygen atoms in total. The molecule has 2 heterocycles. The standard InChI is InChI=1S/C15H17N5/c1-20-14(7-8-18-20)13-10-17-15(19-13)9-12(16)11-5-3-2-4-6-11/h2-8,10,12H,9,16H2,1H3,(H,17,19). The topological polar surface area (TPSA) is 72.5 Å². The van der Waals surface area contributed by atoms with Crippen LogP contribution in [0.15, 0.2) is 48.8 Å². The van der Waals surface area contributed by atoms with E-state index in [4.69, 9.17) is 5.73 Å². The molecular formula is C15H17N5. The molecule has 0 radical (unpaired) electrons. The lowest BCUT2D eigenvalue weighted by molar-refractivity contribution is 0.694. The predicted molar refractivity (Wildman–Crippen MR) is 77.9 cm³/mol. The highest BCUT2D eigenvalue weighted by Crippen LogP contribution is 2.18. The lowest BCUT2D eigenvalue weighted by Crippen LogP contribution is -2.13. The van der Waals surface area contributed by atoms with Crippen LogP contribution in [-0.2, 0) is 13.5 Å². The molecule has 1 atom stereocenters. The zero-order valence-corrected chi connectivity index (χ0v) is 11.3. The van der Waals surface area contributed by atoms with Crippen LogP contribution >= 0.6 is 0 Å². The summed E-state index contributed by atoms with van der Waals surface area (Å²) in [6.07, 6.45) is 4.28. The highest BCUT2D eigenvalue weighted by atomic mass is 15.3. The van der Waals surface area contributed by atoms with Gasteiger partial charge < -0.3 is 10.7 Å². The highest BCUT2D eigenvalue weighted by molar-refractivity contribution is 5.53. The van der Waals surface area contributed by atoms with Crippen molar-refractivity contribution in [2.75, 3.05) is 0 Å². The van der Waals surface area contributed by atoms with Gasteiger partial charge in [-0.05, 0) is 11.6 Å².